The van der Waals surface area contributed by atoms with E-state index in [-0.39, 0.29) is 0 Å². The van der Waals surface area contributed by atoms with Crippen LogP contribution in [0.25, 0.3) is 0 Å². The first-order chi connectivity index (χ1) is 12.9. The van der Waals surface area contributed by atoms with Gasteiger partial charge < -0.3 is 0 Å². The van der Waals surface area contributed by atoms with E-state index in [1.54, 1.807) is 11.1 Å². The molecule has 2 aliphatic rings. The zero-order valence-corrected chi connectivity index (χ0v) is 18.8. The number of aryl methyl sites for hydroxylation is 4. The molecule has 3 rings (SSSR count). The summed E-state index contributed by atoms with van der Waals surface area (Å²) < 4.78 is 0. The molecule has 0 spiro atoms. The van der Waals surface area contributed by atoms with Crippen LogP contribution in [0.4, 0.5) is 0 Å². The van der Waals surface area contributed by atoms with Gasteiger partial charge in [-0.1, -0.05) is 58.1 Å². The zero-order chi connectivity index (χ0) is 19.3. The molecule has 2 aliphatic carbocycles. The molecule has 0 atom stereocenters. The normalized spacial score (nSPS) is 19.3. The third-order valence-corrected chi connectivity index (χ3v) is 7.73. The van der Waals surface area contributed by atoms with Crippen molar-refractivity contribution in [1.29, 1.82) is 0 Å². The molecule has 0 aliphatic heterocycles. The van der Waals surface area contributed by atoms with Gasteiger partial charge in [0.1, 0.15) is 0 Å². The van der Waals surface area contributed by atoms with E-state index in [1.807, 2.05) is 0 Å². The van der Waals surface area contributed by atoms with Crippen LogP contribution in [-0.2, 0) is 12.8 Å². The van der Waals surface area contributed by atoms with Gasteiger partial charge >= 0.3 is 0 Å². The van der Waals surface area contributed by atoms with Crippen molar-refractivity contribution in [2.24, 2.45) is 10.8 Å². The van der Waals surface area contributed by atoms with Crippen LogP contribution in [0.5, 0.6) is 0 Å². The van der Waals surface area contributed by atoms with Crippen molar-refractivity contribution in [2.45, 2.75) is 124 Å². The Bertz CT molecular complexity index is 601. The highest BCUT2D eigenvalue weighted by atomic mass is 14.4. The highest BCUT2D eigenvalue weighted by Crippen LogP contribution is 2.49. The van der Waals surface area contributed by atoms with Gasteiger partial charge in [-0.25, -0.2) is 0 Å². The summed E-state index contributed by atoms with van der Waals surface area (Å²) >= 11 is 0. The first-order valence-electron chi connectivity index (χ1n) is 12.0. The molecule has 27 heavy (non-hydrogen) atoms. The van der Waals surface area contributed by atoms with Crippen molar-refractivity contribution >= 4 is 0 Å². The monoisotopic (exact) mass is 368 g/mol. The van der Waals surface area contributed by atoms with E-state index in [1.165, 1.54) is 107 Å². The second kappa shape index (κ2) is 9.15. The van der Waals surface area contributed by atoms with Crippen LogP contribution in [0.1, 0.15) is 120 Å². The van der Waals surface area contributed by atoms with Crippen LogP contribution >= 0.6 is 0 Å². The molecule has 0 heteroatoms. The van der Waals surface area contributed by atoms with Gasteiger partial charge in [0.15, 0.2) is 0 Å². The SMILES string of the molecule is Cc1cc(CCCCCCC2(C)CC2)c(CCCCCC2(C)CC2)cc1C. The average Bonchev–Trinajstić information content (AvgIpc) is 3.54. The quantitative estimate of drug-likeness (QED) is 0.306. The van der Waals surface area contributed by atoms with Crippen LogP contribution < -0.4 is 0 Å². The summed E-state index contributed by atoms with van der Waals surface area (Å²) in [6.07, 6.45) is 21.4. The van der Waals surface area contributed by atoms with Crippen molar-refractivity contribution in [3.63, 3.8) is 0 Å². The Balaban J connectivity index is 1.38. The summed E-state index contributed by atoms with van der Waals surface area (Å²) in [5.74, 6) is 0. The standard InChI is InChI=1S/C27H44/c1-22-20-24(12-8-5-6-10-14-26(3)16-17-26)25(21-23(22)2)13-9-7-11-15-27(4)18-19-27/h20-21H,5-19H2,1-4H3. The fourth-order valence-corrected chi connectivity index (χ4v) is 4.59. The maximum absolute atomic E-state index is 2.50. The Morgan fingerprint density at radius 3 is 1.37 bits per heavy atom. The first kappa shape index (κ1) is 20.9. The van der Waals surface area contributed by atoms with E-state index in [9.17, 15) is 0 Å². The summed E-state index contributed by atoms with van der Waals surface area (Å²) in [7, 11) is 0. The zero-order valence-electron chi connectivity index (χ0n) is 18.8. The lowest BCUT2D eigenvalue weighted by molar-refractivity contribution is 0.471. The summed E-state index contributed by atoms with van der Waals surface area (Å²) in [6.45, 7) is 9.52. The van der Waals surface area contributed by atoms with Crippen LogP contribution in [0.15, 0.2) is 12.1 Å². The molecule has 1 aromatic rings. The molecule has 0 aromatic heterocycles. The van der Waals surface area contributed by atoms with Crippen molar-refractivity contribution < 1.29 is 0 Å². The number of hydrogen-bond acceptors (Lipinski definition) is 0. The molecule has 0 saturated heterocycles. The predicted octanol–water partition coefficient (Wildman–Crippen LogP) is 8.50. The molecule has 0 unspecified atom stereocenters. The third-order valence-electron chi connectivity index (χ3n) is 7.73. The van der Waals surface area contributed by atoms with Gasteiger partial charge in [-0.15, -0.1) is 0 Å². The van der Waals surface area contributed by atoms with Gasteiger partial charge in [0.2, 0.25) is 0 Å². The van der Waals surface area contributed by atoms with Crippen LogP contribution in [0.3, 0.4) is 0 Å². The van der Waals surface area contributed by atoms with Gasteiger partial charge in [-0.3, -0.25) is 0 Å². The van der Waals surface area contributed by atoms with E-state index < -0.39 is 0 Å². The van der Waals surface area contributed by atoms with Crippen LogP contribution in [0, 0.1) is 24.7 Å². The number of rotatable bonds is 13. The summed E-state index contributed by atoms with van der Waals surface area (Å²) in [4.78, 5) is 0. The van der Waals surface area contributed by atoms with Gasteiger partial charge in [-0.05, 0) is 111 Å². The minimum atomic E-state index is 0.739. The third kappa shape index (κ3) is 6.95. The van der Waals surface area contributed by atoms with E-state index in [0.717, 1.165) is 10.8 Å². The smallest absolute Gasteiger partial charge is 0.0276 e. The first-order valence-corrected chi connectivity index (χ1v) is 12.0. The Morgan fingerprint density at radius 1 is 0.593 bits per heavy atom. The van der Waals surface area contributed by atoms with Crippen LogP contribution in [-0.4, -0.2) is 0 Å². The highest BCUT2D eigenvalue weighted by molar-refractivity contribution is 5.37. The molecular formula is C27H44. The van der Waals surface area contributed by atoms with Crippen molar-refractivity contribution in [3.05, 3.63) is 34.4 Å². The Morgan fingerprint density at radius 2 is 0.963 bits per heavy atom. The van der Waals surface area contributed by atoms with Gasteiger partial charge in [0.25, 0.3) is 0 Å². The lowest BCUT2D eigenvalue weighted by atomic mass is 9.92. The van der Waals surface area contributed by atoms with Gasteiger partial charge in [0.05, 0.1) is 0 Å². The lowest BCUT2D eigenvalue weighted by Gasteiger charge is -2.14. The Kier molecular flexibility index (Phi) is 7.09. The van der Waals surface area contributed by atoms with E-state index in [2.05, 4.69) is 39.8 Å². The molecule has 0 N–H and O–H groups in total. The molecule has 0 amide bonds. The molecule has 2 fully saturated rings. The number of hydrogen-bond donors (Lipinski definition) is 0. The largest absolute Gasteiger partial charge is 0.0596 e. The average molecular weight is 369 g/mol. The van der Waals surface area contributed by atoms with Gasteiger partial charge in [0, 0.05) is 0 Å². The molecular weight excluding hydrogens is 324 g/mol. The molecule has 2 saturated carbocycles. The minimum absolute atomic E-state index is 0.739. The highest BCUT2D eigenvalue weighted by Gasteiger charge is 2.36. The fraction of sp³-hybridized carbons (Fsp3) is 0.778. The van der Waals surface area contributed by atoms with Gasteiger partial charge in [-0.2, -0.15) is 0 Å². The number of unbranched alkanes of at least 4 members (excludes halogenated alkanes) is 5. The summed E-state index contributed by atoms with van der Waals surface area (Å²) in [5, 5.41) is 0. The maximum atomic E-state index is 2.50. The van der Waals surface area contributed by atoms with E-state index >= 15 is 0 Å². The van der Waals surface area contributed by atoms with Crippen molar-refractivity contribution in [1.82, 2.24) is 0 Å². The fourth-order valence-electron chi connectivity index (χ4n) is 4.59. The topological polar surface area (TPSA) is 0 Å². The van der Waals surface area contributed by atoms with Crippen LogP contribution in [0.2, 0.25) is 0 Å². The van der Waals surface area contributed by atoms with E-state index in [0.29, 0.717) is 0 Å². The molecule has 0 heterocycles. The second-order valence-electron chi connectivity index (χ2n) is 10.8. The van der Waals surface area contributed by atoms with E-state index in [4.69, 9.17) is 0 Å². The molecule has 0 nitrogen and oxygen atoms in total. The summed E-state index contributed by atoms with van der Waals surface area (Å²) in [5.41, 5.74) is 7.76. The van der Waals surface area contributed by atoms with Crippen molar-refractivity contribution in [2.75, 3.05) is 0 Å². The maximum Gasteiger partial charge on any atom is -0.0276 e. The molecule has 0 radical (unpaired) electrons. The molecule has 0 bridgehead atoms. The second-order valence-corrected chi connectivity index (χ2v) is 10.8. The van der Waals surface area contributed by atoms with Crippen molar-refractivity contribution in [3.8, 4) is 0 Å². The minimum Gasteiger partial charge on any atom is -0.0596 e. The summed E-state index contributed by atoms with van der Waals surface area (Å²) in [6, 6.07) is 5.00. The lowest BCUT2D eigenvalue weighted by Crippen LogP contribution is -1.99. The molecule has 1 aromatic carbocycles. The Hall–Kier alpha value is -0.780. The Labute approximate surface area is 169 Å². The number of benzene rings is 1. The predicted molar refractivity (Wildman–Crippen MR) is 120 cm³/mol. The molecule has 152 valence electrons.